The number of nitrogens with zero attached hydrogens (tertiary/aromatic N) is 1. The molecule has 3 aromatic carbocycles. The quantitative estimate of drug-likeness (QED) is 0.147. The van der Waals surface area contributed by atoms with E-state index in [4.69, 9.17) is 28.6 Å². The lowest BCUT2D eigenvalue weighted by Gasteiger charge is -2.13. The Morgan fingerprint density at radius 3 is 2.42 bits per heavy atom. The molecule has 36 heavy (non-hydrogen) atoms. The number of anilines is 1. The number of Topliss-reactive ketones (excluding diaryl/α,β-unsaturated/α-hetero) is 1. The van der Waals surface area contributed by atoms with Gasteiger partial charge < -0.3 is 14.6 Å². The highest BCUT2D eigenvalue weighted by Gasteiger charge is 2.21. The fourth-order valence-corrected chi connectivity index (χ4v) is 4.62. The number of fused-ring (bicyclic) bond motifs is 1. The molecule has 0 spiro atoms. The second-order valence-electron chi connectivity index (χ2n) is 7.91. The summed E-state index contributed by atoms with van der Waals surface area (Å²) in [7, 11) is 0. The van der Waals surface area contributed by atoms with Crippen LogP contribution in [0.15, 0.2) is 71.2 Å². The van der Waals surface area contributed by atoms with Crippen molar-refractivity contribution in [1.82, 2.24) is 15.4 Å². The van der Waals surface area contributed by atoms with Gasteiger partial charge in [0.15, 0.2) is 17.5 Å². The maximum Gasteiger partial charge on any atom is 0.276 e. The Balaban J connectivity index is 1.51. The van der Waals surface area contributed by atoms with Crippen LogP contribution in [0.25, 0.3) is 16.6 Å². The van der Waals surface area contributed by atoms with Gasteiger partial charge in [-0.2, -0.15) is 0 Å². The van der Waals surface area contributed by atoms with Crippen LogP contribution >= 0.6 is 39.7 Å². The zero-order valence-corrected chi connectivity index (χ0v) is 22.6. The van der Waals surface area contributed by atoms with Gasteiger partial charge in [-0.05, 0) is 90.5 Å². The highest BCUT2D eigenvalue weighted by Crippen LogP contribution is 2.37. The van der Waals surface area contributed by atoms with Crippen molar-refractivity contribution >= 4 is 73.1 Å². The average Bonchev–Trinajstić information content (AvgIpc) is 3.13. The van der Waals surface area contributed by atoms with E-state index in [-0.39, 0.29) is 17.5 Å². The topological polar surface area (TPSA) is 84.4 Å². The van der Waals surface area contributed by atoms with Crippen molar-refractivity contribution in [3.63, 3.8) is 0 Å². The van der Waals surface area contributed by atoms with Gasteiger partial charge in [0.05, 0.1) is 9.99 Å². The molecule has 1 aromatic heterocycles. The van der Waals surface area contributed by atoms with Crippen molar-refractivity contribution in [3.8, 4) is 11.4 Å². The van der Waals surface area contributed by atoms with E-state index in [1.165, 1.54) is 6.92 Å². The second-order valence-corrected chi connectivity index (χ2v) is 9.61. The van der Waals surface area contributed by atoms with Crippen LogP contribution in [0.3, 0.4) is 0 Å². The maximum atomic E-state index is 12.5. The number of hydrazine groups is 1. The maximum absolute atomic E-state index is 12.5. The van der Waals surface area contributed by atoms with Gasteiger partial charge in [-0.15, -0.1) is 0 Å². The van der Waals surface area contributed by atoms with Gasteiger partial charge in [-0.1, -0.05) is 29.8 Å². The molecule has 0 bridgehead atoms. The molecule has 3 N–H and O–H groups in total. The number of amides is 1. The van der Waals surface area contributed by atoms with Crippen molar-refractivity contribution in [3.05, 3.63) is 87.5 Å². The van der Waals surface area contributed by atoms with Gasteiger partial charge in [-0.3, -0.25) is 20.4 Å². The van der Waals surface area contributed by atoms with E-state index in [0.717, 1.165) is 28.0 Å². The fraction of sp³-hybridized carbons (Fsp3) is 0.115. The molecule has 0 radical (unpaired) electrons. The molecule has 10 heteroatoms. The minimum Gasteiger partial charge on any atom is -0.482 e. The number of thiocarbonyl (C=S) groups is 1. The van der Waals surface area contributed by atoms with Crippen LogP contribution < -0.4 is 20.9 Å². The number of carbonyl (C=O) groups is 2. The minimum absolute atomic E-state index is 0.0696. The van der Waals surface area contributed by atoms with Crippen molar-refractivity contribution < 1.29 is 14.3 Å². The third-order valence-electron chi connectivity index (χ3n) is 5.40. The highest BCUT2D eigenvalue weighted by molar-refractivity contribution is 9.10. The Bertz CT molecular complexity index is 1460. The summed E-state index contributed by atoms with van der Waals surface area (Å²) >= 11 is 14.8. The number of ether oxygens (including phenoxy) is 1. The molecule has 4 aromatic rings. The molecule has 7 nitrogen and oxygen atoms in total. The van der Waals surface area contributed by atoms with Crippen molar-refractivity contribution in [2.45, 2.75) is 13.8 Å². The van der Waals surface area contributed by atoms with Crippen LogP contribution in [0, 0.1) is 6.92 Å². The van der Waals surface area contributed by atoms with Gasteiger partial charge in [0.2, 0.25) is 0 Å². The number of carbonyl (C=O) groups excluding carboxylic acids is 2. The highest BCUT2D eigenvalue weighted by atomic mass is 79.9. The van der Waals surface area contributed by atoms with Crippen LogP contribution in [-0.4, -0.2) is 28.0 Å². The molecule has 0 aliphatic heterocycles. The molecule has 0 saturated heterocycles. The van der Waals surface area contributed by atoms with Crippen LogP contribution in [0.5, 0.6) is 5.75 Å². The number of benzene rings is 3. The molecule has 0 saturated carbocycles. The first-order valence-corrected chi connectivity index (χ1v) is 12.5. The van der Waals surface area contributed by atoms with Crippen LogP contribution in [0.4, 0.5) is 5.69 Å². The van der Waals surface area contributed by atoms with Gasteiger partial charge in [0.25, 0.3) is 5.91 Å². The summed E-state index contributed by atoms with van der Waals surface area (Å²) in [5, 5.41) is 4.54. The van der Waals surface area contributed by atoms with Gasteiger partial charge >= 0.3 is 0 Å². The number of ketones is 1. The largest absolute Gasteiger partial charge is 0.482 e. The first kappa shape index (κ1) is 25.7. The normalized spacial score (nSPS) is 10.7. The molecule has 1 amide bonds. The molecular weight excluding hydrogens is 564 g/mol. The van der Waals surface area contributed by atoms with Crippen molar-refractivity contribution in [1.29, 1.82) is 0 Å². The molecular formula is C26H22BrClN4O3S. The number of hydrogen-bond acceptors (Lipinski definition) is 4. The van der Waals surface area contributed by atoms with E-state index >= 15 is 0 Å². The second kappa shape index (κ2) is 11.1. The van der Waals surface area contributed by atoms with Crippen LogP contribution in [-0.2, 0) is 4.79 Å². The lowest BCUT2D eigenvalue weighted by molar-refractivity contribution is -0.123. The fourth-order valence-electron chi connectivity index (χ4n) is 3.88. The molecule has 0 unspecified atom stereocenters. The summed E-state index contributed by atoms with van der Waals surface area (Å²) in [4.78, 5) is 24.9. The van der Waals surface area contributed by atoms with Gasteiger partial charge in [0.1, 0.15) is 5.75 Å². The van der Waals surface area contributed by atoms with E-state index < -0.39 is 5.91 Å². The third-order valence-corrected chi connectivity index (χ3v) is 6.48. The third kappa shape index (κ3) is 5.70. The average molecular weight is 586 g/mol. The predicted molar refractivity (Wildman–Crippen MR) is 150 cm³/mol. The summed E-state index contributed by atoms with van der Waals surface area (Å²) in [5.41, 5.74) is 9.01. The molecule has 0 aliphatic rings. The summed E-state index contributed by atoms with van der Waals surface area (Å²) in [6.45, 7) is 3.16. The number of hydrogen-bond donors (Lipinski definition) is 3. The molecule has 1 heterocycles. The summed E-state index contributed by atoms with van der Waals surface area (Å²) < 4.78 is 8.40. The van der Waals surface area contributed by atoms with Crippen LogP contribution in [0.1, 0.15) is 23.0 Å². The molecule has 4 rings (SSSR count). The molecule has 184 valence electrons. The van der Waals surface area contributed by atoms with E-state index in [2.05, 4.69) is 32.1 Å². The first-order valence-electron chi connectivity index (χ1n) is 10.9. The van der Waals surface area contributed by atoms with Crippen molar-refractivity contribution in [2.75, 3.05) is 11.9 Å². The van der Waals surface area contributed by atoms with E-state index in [1.807, 2.05) is 60.0 Å². The first-order chi connectivity index (χ1) is 17.2. The Morgan fingerprint density at radius 2 is 1.75 bits per heavy atom. The van der Waals surface area contributed by atoms with Crippen molar-refractivity contribution in [2.24, 2.45) is 0 Å². The zero-order valence-electron chi connectivity index (χ0n) is 19.4. The monoisotopic (exact) mass is 584 g/mol. The summed E-state index contributed by atoms with van der Waals surface area (Å²) in [6, 6.07) is 20.4. The predicted octanol–water partition coefficient (Wildman–Crippen LogP) is 5.95. The Morgan fingerprint density at radius 1 is 1.06 bits per heavy atom. The number of para-hydroxylation sites is 1. The Kier molecular flexibility index (Phi) is 7.93. The van der Waals surface area contributed by atoms with Gasteiger partial charge in [0, 0.05) is 33.0 Å². The lowest BCUT2D eigenvalue weighted by Crippen LogP contribution is -2.45. The number of rotatable bonds is 6. The smallest absolute Gasteiger partial charge is 0.276 e. The molecule has 0 fully saturated rings. The zero-order chi connectivity index (χ0) is 25.8. The Labute approximate surface area is 226 Å². The number of halogens is 2. The number of nitrogens with one attached hydrogen (secondary N) is 3. The molecule has 0 aliphatic carbocycles. The SMILES string of the molecule is CC(=O)c1c(C)n(-c2ccc(Cl)cc2)c2cc(Br)c(OCC(=O)NNC(=S)Nc3ccccc3)cc12. The van der Waals surface area contributed by atoms with E-state index in [0.29, 0.717) is 20.8 Å². The summed E-state index contributed by atoms with van der Waals surface area (Å²) in [6.07, 6.45) is 0. The van der Waals surface area contributed by atoms with E-state index in [1.54, 1.807) is 18.2 Å². The standard InChI is InChI=1S/C26H22BrClN4O3S/c1-15-25(16(2)33)20-12-23(21(27)13-22(20)32(15)19-10-8-17(28)9-11-19)35-14-24(34)30-31-26(36)29-18-6-4-3-5-7-18/h3-13H,14H2,1-2H3,(H,30,34)(H2,29,31,36). The minimum atomic E-state index is -0.430. The number of aromatic nitrogens is 1. The Hall–Kier alpha value is -3.40. The summed E-state index contributed by atoms with van der Waals surface area (Å²) in [5.74, 6) is -0.0702. The van der Waals surface area contributed by atoms with Gasteiger partial charge in [-0.25, -0.2) is 0 Å². The van der Waals surface area contributed by atoms with Crippen LogP contribution in [0.2, 0.25) is 5.02 Å². The van der Waals surface area contributed by atoms with E-state index in [9.17, 15) is 9.59 Å². The lowest BCUT2D eigenvalue weighted by atomic mass is 10.1. The molecule has 0 atom stereocenters.